The highest BCUT2D eigenvalue weighted by Crippen LogP contribution is 2.39. The van der Waals surface area contributed by atoms with Crippen LogP contribution in [-0.2, 0) is 18.9 Å². The van der Waals surface area contributed by atoms with Crippen LogP contribution in [0.1, 0.15) is 41.5 Å². The van der Waals surface area contributed by atoms with Crippen LogP contribution in [0.4, 0.5) is 15.8 Å². The van der Waals surface area contributed by atoms with Gasteiger partial charge in [0, 0.05) is 24.3 Å². The normalized spacial score (nSPS) is 24.0. The van der Waals surface area contributed by atoms with E-state index in [1.54, 1.807) is 41.5 Å². The molecule has 0 bridgehead atoms. The number of ether oxygens (including phenoxy) is 6. The minimum Gasteiger partial charge on any atom is -0.506 e. The molecule has 0 saturated carbocycles. The first-order valence-electron chi connectivity index (χ1n) is 12.5. The fourth-order valence-electron chi connectivity index (χ4n) is 4.13. The van der Waals surface area contributed by atoms with Gasteiger partial charge in [0.2, 0.25) is 5.75 Å². The lowest BCUT2D eigenvalue weighted by molar-refractivity contribution is -0.386. The summed E-state index contributed by atoms with van der Waals surface area (Å²) in [5.41, 5.74) is -2.22. The number of aromatic hydroxyl groups is 1. The summed E-state index contributed by atoms with van der Waals surface area (Å²) in [6, 6.07) is 3.98. The number of phenolic OH excluding ortho intramolecular Hbond substituents is 1. The average Bonchev–Trinajstić information content (AvgIpc) is 3.32. The number of rotatable bonds is 8. The van der Waals surface area contributed by atoms with Crippen LogP contribution in [0.25, 0.3) is 0 Å². The second-order valence-corrected chi connectivity index (χ2v) is 11.9. The summed E-state index contributed by atoms with van der Waals surface area (Å²) in [5, 5.41) is 31.1. The van der Waals surface area contributed by atoms with Crippen LogP contribution >= 0.6 is 23.2 Å². The van der Waals surface area contributed by atoms with Crippen molar-refractivity contribution in [3.8, 4) is 17.2 Å². The molecule has 2 fully saturated rings. The lowest BCUT2D eigenvalue weighted by Gasteiger charge is -2.25. The average molecular weight is 637 g/mol. The molecule has 232 valence electrons. The van der Waals surface area contributed by atoms with Crippen LogP contribution in [-0.4, -0.2) is 64.2 Å². The summed E-state index contributed by atoms with van der Waals surface area (Å²) in [4.78, 5) is 20.6. The van der Waals surface area contributed by atoms with E-state index in [0.29, 0.717) is 6.61 Å². The van der Waals surface area contributed by atoms with Gasteiger partial charge in [0.25, 0.3) is 0 Å². The quantitative estimate of drug-likeness (QED) is 0.260. The first-order chi connectivity index (χ1) is 19.2. The van der Waals surface area contributed by atoms with E-state index in [0.717, 1.165) is 24.3 Å². The minimum absolute atomic E-state index is 0.0155. The maximum atomic E-state index is 13.5. The van der Waals surface area contributed by atoms with Crippen LogP contribution in [0.2, 0.25) is 10.0 Å². The number of nitro benzene ring substituents is 2. The van der Waals surface area contributed by atoms with Crippen molar-refractivity contribution in [3.05, 3.63) is 60.4 Å². The van der Waals surface area contributed by atoms with Crippen LogP contribution in [0.5, 0.6) is 17.2 Å². The Hall–Kier alpha value is -3.01. The molecule has 2 aliphatic rings. The van der Waals surface area contributed by atoms with Gasteiger partial charge in [-0.3, -0.25) is 20.2 Å². The standard InChI is InChI=1S/C13H15ClFNO5.C13H16ClNO6/c1-12(2)20-7-13(3,21-12)6-19-11-5-9(15)8(14)4-10(11)16(17)18;1-12(2)20-7-13(3,21-12)6-19-11-5-10(16)8(14)4-9(11)15(17)18/h4-5H,6-7H2,1-3H3;4-5,16H,6-7H2,1-3H3. The van der Waals surface area contributed by atoms with Gasteiger partial charge in [-0.15, -0.1) is 0 Å². The molecule has 0 spiro atoms. The molecular weight excluding hydrogens is 606 g/mol. The fourth-order valence-corrected chi connectivity index (χ4v) is 4.44. The molecule has 16 heteroatoms. The number of hydrogen-bond acceptors (Lipinski definition) is 11. The van der Waals surface area contributed by atoms with Gasteiger partial charge in [-0.2, -0.15) is 0 Å². The molecule has 0 radical (unpaired) electrons. The Balaban J connectivity index is 0.000000230. The molecule has 2 saturated heterocycles. The van der Waals surface area contributed by atoms with Crippen molar-refractivity contribution in [2.45, 2.75) is 64.3 Å². The molecule has 2 unspecified atom stereocenters. The van der Waals surface area contributed by atoms with Crippen molar-refractivity contribution >= 4 is 34.6 Å². The molecular formula is C26H31Cl2FN2O11. The maximum Gasteiger partial charge on any atom is 0.312 e. The number of nitro groups is 2. The fraction of sp³-hybridized carbons (Fsp3) is 0.538. The SMILES string of the molecule is CC1(COc2cc(F)c(Cl)cc2[N+](=O)[O-])COC(C)(C)O1.CC1(COc2cc(O)c(Cl)cc2[N+](=O)[O-])COC(C)(C)O1. The highest BCUT2D eigenvalue weighted by atomic mass is 35.5. The Kier molecular flexibility index (Phi) is 9.81. The molecule has 0 amide bonds. The van der Waals surface area contributed by atoms with Gasteiger partial charge < -0.3 is 33.5 Å². The van der Waals surface area contributed by atoms with Crippen LogP contribution in [0.3, 0.4) is 0 Å². The summed E-state index contributed by atoms with van der Waals surface area (Å²) >= 11 is 11.2. The number of phenols is 1. The Morgan fingerprint density at radius 1 is 0.810 bits per heavy atom. The second-order valence-electron chi connectivity index (χ2n) is 11.1. The molecule has 2 atom stereocenters. The Labute approximate surface area is 250 Å². The first-order valence-corrected chi connectivity index (χ1v) is 13.2. The van der Waals surface area contributed by atoms with E-state index in [1.807, 2.05) is 0 Å². The third-order valence-electron chi connectivity index (χ3n) is 5.92. The van der Waals surface area contributed by atoms with Crippen molar-refractivity contribution in [3.63, 3.8) is 0 Å². The summed E-state index contributed by atoms with van der Waals surface area (Å²) in [7, 11) is 0. The van der Waals surface area contributed by atoms with E-state index in [4.69, 9.17) is 51.6 Å². The van der Waals surface area contributed by atoms with Gasteiger partial charge in [0.1, 0.15) is 36.0 Å². The van der Waals surface area contributed by atoms with Crippen molar-refractivity contribution in [2.75, 3.05) is 26.4 Å². The van der Waals surface area contributed by atoms with Gasteiger partial charge in [-0.1, -0.05) is 23.2 Å². The van der Waals surface area contributed by atoms with E-state index < -0.39 is 44.1 Å². The highest BCUT2D eigenvalue weighted by Gasteiger charge is 2.44. The zero-order valence-electron chi connectivity index (χ0n) is 23.7. The lowest BCUT2D eigenvalue weighted by Crippen LogP contribution is -2.37. The van der Waals surface area contributed by atoms with Crippen molar-refractivity contribution in [1.29, 1.82) is 0 Å². The Bertz CT molecular complexity index is 1260. The predicted molar refractivity (Wildman–Crippen MR) is 148 cm³/mol. The van der Waals surface area contributed by atoms with Crippen LogP contribution in [0, 0.1) is 26.0 Å². The topological polar surface area (TPSA) is 162 Å². The van der Waals surface area contributed by atoms with Gasteiger partial charge in [0.15, 0.2) is 17.3 Å². The first kappa shape index (κ1) is 33.5. The third kappa shape index (κ3) is 8.52. The van der Waals surface area contributed by atoms with Gasteiger partial charge in [-0.05, 0) is 41.5 Å². The number of benzene rings is 2. The zero-order chi connectivity index (χ0) is 31.7. The predicted octanol–water partition coefficient (Wildman–Crippen LogP) is 6.18. The van der Waals surface area contributed by atoms with E-state index in [2.05, 4.69) is 0 Å². The lowest BCUT2D eigenvalue weighted by atomic mass is 10.1. The van der Waals surface area contributed by atoms with E-state index in [1.165, 1.54) is 0 Å². The maximum absolute atomic E-state index is 13.5. The number of nitrogens with zero attached hydrogens (tertiary/aromatic N) is 2. The second kappa shape index (κ2) is 12.3. The van der Waals surface area contributed by atoms with Crippen molar-refractivity contribution in [1.82, 2.24) is 0 Å². The minimum atomic E-state index is -0.786. The van der Waals surface area contributed by atoms with Crippen LogP contribution in [0.15, 0.2) is 24.3 Å². The smallest absolute Gasteiger partial charge is 0.312 e. The molecule has 0 aromatic heterocycles. The summed E-state index contributed by atoms with van der Waals surface area (Å²) in [5.74, 6) is -2.83. The number of hydrogen-bond donors (Lipinski definition) is 1. The summed E-state index contributed by atoms with van der Waals surface area (Å²) in [6.07, 6.45) is 0. The van der Waals surface area contributed by atoms with Crippen molar-refractivity contribution < 1.29 is 47.8 Å². The molecule has 2 aliphatic heterocycles. The molecule has 0 aliphatic carbocycles. The molecule has 13 nitrogen and oxygen atoms in total. The highest BCUT2D eigenvalue weighted by molar-refractivity contribution is 6.32. The molecule has 1 N–H and O–H groups in total. The van der Waals surface area contributed by atoms with Gasteiger partial charge in [0.05, 0.1) is 33.1 Å². The molecule has 2 aromatic rings. The summed E-state index contributed by atoms with van der Waals surface area (Å²) < 4.78 is 46.5. The van der Waals surface area contributed by atoms with Gasteiger partial charge in [-0.25, -0.2) is 4.39 Å². The molecule has 2 aromatic carbocycles. The largest absolute Gasteiger partial charge is 0.506 e. The van der Waals surface area contributed by atoms with Crippen LogP contribution < -0.4 is 9.47 Å². The van der Waals surface area contributed by atoms with Crippen molar-refractivity contribution in [2.24, 2.45) is 0 Å². The van der Waals surface area contributed by atoms with E-state index in [-0.39, 0.29) is 52.8 Å². The van der Waals surface area contributed by atoms with E-state index in [9.17, 15) is 29.7 Å². The molecule has 42 heavy (non-hydrogen) atoms. The Morgan fingerprint density at radius 3 is 1.60 bits per heavy atom. The molecule has 2 heterocycles. The number of halogens is 3. The zero-order valence-corrected chi connectivity index (χ0v) is 25.2. The monoisotopic (exact) mass is 636 g/mol. The third-order valence-corrected chi connectivity index (χ3v) is 6.52. The Morgan fingerprint density at radius 2 is 1.21 bits per heavy atom. The van der Waals surface area contributed by atoms with E-state index >= 15 is 0 Å². The van der Waals surface area contributed by atoms with Gasteiger partial charge >= 0.3 is 11.4 Å². The summed E-state index contributed by atoms with van der Waals surface area (Å²) in [6.45, 7) is 11.2. The molecule has 4 rings (SSSR count).